The van der Waals surface area contributed by atoms with Crippen LogP contribution in [0.15, 0.2) is 84.9 Å². The first-order chi connectivity index (χ1) is 21.6. The smallest absolute Gasteiger partial charge is 0.0895 e. The molecule has 0 unspecified atom stereocenters. The topological polar surface area (TPSA) is 21.7 Å². The zero-order chi connectivity index (χ0) is 33.6. The standard InChI is InChI=1S/C37H32Cl6N3/c1-36(2,3)26(22-13-9-7-10-14-22)21-31-35(32(37(4,5)6)23-15-11-8-12-16-23)46(34-29(42)19-25(39)20-30(34)43)44-45(31)33-27(40)17-24(38)18-28(33)41/h7-20H,1-6H3/q+1/b35-32+. The molecule has 0 aliphatic heterocycles. The Kier molecular flexibility index (Phi) is 10.1. The van der Waals surface area contributed by atoms with E-state index in [1.165, 1.54) is 0 Å². The molecule has 46 heavy (non-hydrogen) atoms. The van der Waals surface area contributed by atoms with Gasteiger partial charge in [0.15, 0.2) is 11.4 Å². The van der Waals surface area contributed by atoms with Gasteiger partial charge in [-0.3, -0.25) is 0 Å². The third kappa shape index (κ3) is 7.08. The zero-order valence-corrected chi connectivity index (χ0v) is 30.7. The van der Waals surface area contributed by atoms with Gasteiger partial charge in [0.2, 0.25) is 10.7 Å². The molecule has 5 rings (SSSR count). The molecule has 1 aromatic heterocycles. The molecule has 5 aromatic rings. The summed E-state index contributed by atoms with van der Waals surface area (Å²) in [5, 5.41) is 8.50. The summed E-state index contributed by atoms with van der Waals surface area (Å²) in [6.45, 7) is 12.9. The van der Waals surface area contributed by atoms with Gasteiger partial charge in [0.25, 0.3) is 0 Å². The van der Waals surface area contributed by atoms with Crippen molar-refractivity contribution in [3.8, 4) is 11.4 Å². The van der Waals surface area contributed by atoms with Crippen molar-refractivity contribution in [1.82, 2.24) is 9.90 Å². The van der Waals surface area contributed by atoms with E-state index in [9.17, 15) is 0 Å². The van der Waals surface area contributed by atoms with Gasteiger partial charge >= 0.3 is 0 Å². The molecule has 236 valence electrons. The second-order valence-corrected chi connectivity index (χ2v) is 15.5. The van der Waals surface area contributed by atoms with Gasteiger partial charge in [-0.05, 0) is 46.2 Å². The summed E-state index contributed by atoms with van der Waals surface area (Å²) in [5.74, 6) is 0. The Morgan fingerprint density at radius 2 is 1.09 bits per heavy atom. The highest BCUT2D eigenvalue weighted by molar-refractivity contribution is 6.41. The van der Waals surface area contributed by atoms with E-state index in [1.807, 2.05) is 36.4 Å². The summed E-state index contributed by atoms with van der Waals surface area (Å²) in [5.41, 5.74) is 7.84. The maximum absolute atomic E-state index is 6.93. The molecule has 0 amide bonds. The highest BCUT2D eigenvalue weighted by atomic mass is 35.5. The van der Waals surface area contributed by atoms with E-state index in [-0.39, 0.29) is 5.41 Å². The van der Waals surface area contributed by atoms with Crippen molar-refractivity contribution in [3.05, 3.63) is 137 Å². The summed E-state index contributed by atoms with van der Waals surface area (Å²) in [6, 6.07) is 26.9. The van der Waals surface area contributed by atoms with Crippen molar-refractivity contribution in [2.75, 3.05) is 0 Å². The van der Waals surface area contributed by atoms with E-state index < -0.39 is 5.41 Å². The van der Waals surface area contributed by atoms with Crippen molar-refractivity contribution in [2.24, 2.45) is 10.8 Å². The molecule has 0 N–H and O–H groups in total. The quantitative estimate of drug-likeness (QED) is 0.169. The number of aromatic nitrogens is 3. The van der Waals surface area contributed by atoms with E-state index >= 15 is 0 Å². The molecular weight excluding hydrogens is 699 g/mol. The molecule has 1 heterocycles. The Morgan fingerprint density at radius 1 is 0.630 bits per heavy atom. The van der Waals surface area contributed by atoms with Gasteiger partial charge < -0.3 is 0 Å². The van der Waals surface area contributed by atoms with Crippen molar-refractivity contribution in [1.29, 1.82) is 0 Å². The number of hydrogen-bond donors (Lipinski definition) is 0. The van der Waals surface area contributed by atoms with Gasteiger partial charge in [-0.25, -0.2) is 0 Å². The highest BCUT2D eigenvalue weighted by Gasteiger charge is 2.33. The first-order valence-electron chi connectivity index (χ1n) is 14.6. The molecule has 0 spiro atoms. The lowest BCUT2D eigenvalue weighted by atomic mass is 9.81. The summed E-state index contributed by atoms with van der Waals surface area (Å²) in [7, 11) is 0. The number of nitrogens with zero attached hydrogens (tertiary/aromatic N) is 3. The van der Waals surface area contributed by atoms with Gasteiger partial charge in [0, 0.05) is 21.2 Å². The van der Waals surface area contributed by atoms with Gasteiger partial charge in [0.05, 0.1) is 20.1 Å². The fraction of sp³-hybridized carbons (Fsp3) is 0.216. The number of rotatable bonds is 4. The predicted molar refractivity (Wildman–Crippen MR) is 196 cm³/mol. The lowest BCUT2D eigenvalue weighted by Gasteiger charge is -2.22. The predicted octanol–water partition coefficient (Wildman–Crippen LogP) is 10.8. The molecule has 4 aromatic carbocycles. The molecule has 0 radical (unpaired) electrons. The van der Waals surface area contributed by atoms with Crippen LogP contribution in [0.1, 0.15) is 52.7 Å². The third-order valence-corrected chi connectivity index (χ3v) is 8.91. The first-order valence-corrected chi connectivity index (χ1v) is 16.8. The normalized spacial score (nSPS) is 12.6. The molecule has 0 bridgehead atoms. The van der Waals surface area contributed by atoms with Crippen LogP contribution in [0, 0.1) is 10.8 Å². The van der Waals surface area contributed by atoms with Gasteiger partial charge in [0.1, 0.15) is 5.21 Å². The Labute approximate surface area is 299 Å². The molecule has 0 aliphatic carbocycles. The average molecular weight is 731 g/mol. The van der Waals surface area contributed by atoms with Crippen LogP contribution in [0.2, 0.25) is 30.1 Å². The van der Waals surface area contributed by atoms with Crippen molar-refractivity contribution in [3.63, 3.8) is 0 Å². The van der Waals surface area contributed by atoms with Crippen LogP contribution in [-0.4, -0.2) is 9.90 Å². The Balaban J connectivity index is 2.25. The molecule has 0 saturated carbocycles. The average Bonchev–Trinajstić information content (AvgIpc) is 3.27. The lowest BCUT2D eigenvalue weighted by molar-refractivity contribution is -0.673. The Hall–Kier alpha value is -2.72. The van der Waals surface area contributed by atoms with Gasteiger partial charge in [-0.1, -0.05) is 187 Å². The van der Waals surface area contributed by atoms with Crippen LogP contribution in [-0.2, 0) is 0 Å². The minimum Gasteiger partial charge on any atom is -0.0895 e. The highest BCUT2D eigenvalue weighted by Crippen LogP contribution is 2.35. The van der Waals surface area contributed by atoms with Crippen LogP contribution in [0.3, 0.4) is 0 Å². The van der Waals surface area contributed by atoms with Crippen LogP contribution in [0.25, 0.3) is 28.3 Å². The molecule has 0 saturated heterocycles. The largest absolute Gasteiger partial charge is 0.248 e. The number of allylic oxidation sites excluding steroid dienone is 1. The van der Waals surface area contributed by atoms with E-state index in [2.05, 4.69) is 71.5 Å². The molecule has 0 fully saturated rings. The van der Waals surface area contributed by atoms with Crippen molar-refractivity contribution >= 4 is 86.5 Å². The summed E-state index contributed by atoms with van der Waals surface area (Å²) >= 11 is 40.4. The molecular formula is C37H32Cl6N3+. The third-order valence-electron chi connectivity index (χ3n) is 7.32. The zero-order valence-electron chi connectivity index (χ0n) is 26.2. The van der Waals surface area contributed by atoms with Gasteiger partial charge in [-0.15, -0.1) is 0 Å². The lowest BCUT2D eigenvalue weighted by Crippen LogP contribution is -2.55. The second-order valence-electron chi connectivity index (χ2n) is 13.0. The first kappa shape index (κ1) is 34.6. The van der Waals surface area contributed by atoms with E-state index in [0.29, 0.717) is 52.2 Å². The van der Waals surface area contributed by atoms with E-state index in [4.69, 9.17) is 74.8 Å². The fourth-order valence-electron chi connectivity index (χ4n) is 5.45. The fourth-order valence-corrected chi connectivity index (χ4v) is 7.40. The minimum atomic E-state index is -0.416. The summed E-state index contributed by atoms with van der Waals surface area (Å²) in [4.78, 5) is 0. The van der Waals surface area contributed by atoms with Crippen LogP contribution >= 0.6 is 69.6 Å². The van der Waals surface area contributed by atoms with E-state index in [0.717, 1.165) is 22.3 Å². The monoisotopic (exact) mass is 728 g/mol. The summed E-state index contributed by atoms with van der Waals surface area (Å²) < 4.78 is 3.43. The van der Waals surface area contributed by atoms with Crippen LogP contribution in [0.5, 0.6) is 0 Å². The molecule has 0 aliphatic rings. The van der Waals surface area contributed by atoms with E-state index in [1.54, 1.807) is 33.6 Å². The minimum absolute atomic E-state index is 0.309. The van der Waals surface area contributed by atoms with Crippen LogP contribution < -0.4 is 15.4 Å². The number of benzene rings is 4. The van der Waals surface area contributed by atoms with Crippen LogP contribution in [0.4, 0.5) is 0 Å². The SMILES string of the molecule is CC(C)(C)C(=C=c1/c(=C(/c2ccccc2)C(C)(C)C)[n+](-c2c(Cl)cc(Cl)cc2Cl)nn1-c1c(Cl)cc(Cl)cc1Cl)c1ccccc1. The molecule has 0 atom stereocenters. The number of hydrogen-bond acceptors (Lipinski definition) is 1. The van der Waals surface area contributed by atoms with Gasteiger partial charge in [-0.2, -0.15) is 0 Å². The Bertz CT molecular complexity index is 2050. The Morgan fingerprint density at radius 3 is 1.54 bits per heavy atom. The molecule has 3 nitrogen and oxygen atoms in total. The second kappa shape index (κ2) is 13.4. The van der Waals surface area contributed by atoms with Crippen molar-refractivity contribution < 1.29 is 4.68 Å². The maximum atomic E-state index is 6.93. The number of halogens is 6. The molecule has 9 heteroatoms. The maximum Gasteiger partial charge on any atom is 0.248 e. The van der Waals surface area contributed by atoms with Crippen molar-refractivity contribution in [2.45, 2.75) is 41.5 Å². The summed E-state index contributed by atoms with van der Waals surface area (Å²) in [6.07, 6.45) is 0.